The highest BCUT2D eigenvalue weighted by molar-refractivity contribution is 6.60. The molecule has 122 valence electrons. The first-order valence-corrected chi connectivity index (χ1v) is 11.8. The molecule has 22 heavy (non-hydrogen) atoms. The first-order valence-electron chi connectivity index (χ1n) is 9.51. The number of rotatable bonds is 4. The molecule has 0 atom stereocenters. The minimum Gasteiger partial charge on any atom is -0.207 e. The molecule has 1 aromatic rings. The molecule has 0 amide bonds. The van der Waals surface area contributed by atoms with Gasteiger partial charge in [0, 0.05) is 8.80 Å². The largest absolute Gasteiger partial charge is 0.207 e. The molecule has 1 aliphatic heterocycles. The number of hydrogen-bond acceptors (Lipinski definition) is 0. The lowest BCUT2D eigenvalue weighted by atomic mass is 9.86. The van der Waals surface area contributed by atoms with E-state index in [0.29, 0.717) is 5.92 Å². The highest BCUT2D eigenvalue weighted by atomic mass is 28.3. The lowest BCUT2D eigenvalue weighted by Crippen LogP contribution is -2.29. The molecule has 1 saturated carbocycles. The summed E-state index contributed by atoms with van der Waals surface area (Å²) in [5.74, 6) is 1.65. The predicted octanol–water partition coefficient (Wildman–Crippen LogP) is 6.29. The van der Waals surface area contributed by atoms with Crippen LogP contribution in [0.1, 0.15) is 69.8 Å². The lowest BCUT2D eigenvalue weighted by Gasteiger charge is -2.37. The van der Waals surface area contributed by atoms with Gasteiger partial charge in [-0.2, -0.15) is 0 Å². The van der Waals surface area contributed by atoms with Crippen LogP contribution in [0.4, 0.5) is 4.39 Å². The van der Waals surface area contributed by atoms with Gasteiger partial charge in [-0.25, -0.2) is 4.39 Å². The van der Waals surface area contributed by atoms with Crippen LogP contribution in [-0.4, -0.2) is 8.80 Å². The molecule has 0 N–H and O–H groups in total. The molecule has 0 aromatic heterocycles. The van der Waals surface area contributed by atoms with Crippen molar-refractivity contribution in [3.05, 3.63) is 35.6 Å². The van der Waals surface area contributed by atoms with Crippen LogP contribution in [0.25, 0.3) is 0 Å². The molecule has 2 fully saturated rings. The monoisotopic (exact) mass is 318 g/mol. The maximum Gasteiger partial charge on any atom is 0.123 e. The quantitative estimate of drug-likeness (QED) is 0.572. The van der Waals surface area contributed by atoms with E-state index >= 15 is 0 Å². The normalized spacial score (nSPS) is 32.8. The Morgan fingerprint density at radius 1 is 0.955 bits per heavy atom. The van der Waals surface area contributed by atoms with Crippen molar-refractivity contribution < 1.29 is 4.39 Å². The van der Waals surface area contributed by atoms with E-state index in [-0.39, 0.29) is 5.82 Å². The van der Waals surface area contributed by atoms with Crippen molar-refractivity contribution in [2.45, 2.75) is 81.8 Å². The van der Waals surface area contributed by atoms with E-state index in [1.807, 2.05) is 12.1 Å². The first kappa shape index (κ1) is 16.2. The van der Waals surface area contributed by atoms with Gasteiger partial charge in [-0.1, -0.05) is 69.7 Å². The van der Waals surface area contributed by atoms with Crippen LogP contribution < -0.4 is 0 Å². The Morgan fingerprint density at radius 3 is 2.18 bits per heavy atom. The van der Waals surface area contributed by atoms with Crippen LogP contribution in [0.3, 0.4) is 0 Å². The van der Waals surface area contributed by atoms with Crippen molar-refractivity contribution in [2.24, 2.45) is 5.92 Å². The van der Waals surface area contributed by atoms with E-state index in [2.05, 4.69) is 6.92 Å². The van der Waals surface area contributed by atoms with Crippen molar-refractivity contribution in [1.29, 1.82) is 0 Å². The molecule has 1 heterocycles. The van der Waals surface area contributed by atoms with Crippen molar-refractivity contribution in [1.82, 2.24) is 0 Å². The van der Waals surface area contributed by atoms with E-state index in [1.54, 1.807) is 25.0 Å². The van der Waals surface area contributed by atoms with E-state index in [9.17, 15) is 4.39 Å². The predicted molar refractivity (Wildman–Crippen MR) is 95.8 cm³/mol. The smallest absolute Gasteiger partial charge is 0.123 e. The minimum atomic E-state index is -0.501. The standard InChI is InChI=1S/C20H31FSi/c1-2-3-16-4-10-20(11-5-16)22-14-12-18(13-15-22)17-6-8-19(21)9-7-17/h6-9,16,18,20,22H,2-5,10-15H2,1H3/t16-,18-,20-,22-. The van der Waals surface area contributed by atoms with Gasteiger partial charge in [-0.15, -0.1) is 0 Å². The molecular weight excluding hydrogens is 287 g/mol. The third-order valence-corrected chi connectivity index (χ3v) is 10.5. The summed E-state index contributed by atoms with van der Waals surface area (Å²) in [6.45, 7) is 2.33. The van der Waals surface area contributed by atoms with E-state index in [4.69, 9.17) is 0 Å². The Bertz CT molecular complexity index is 439. The summed E-state index contributed by atoms with van der Waals surface area (Å²) in [6.07, 6.45) is 11.7. The maximum atomic E-state index is 13.1. The zero-order valence-corrected chi connectivity index (χ0v) is 15.2. The average Bonchev–Trinajstić information content (AvgIpc) is 2.57. The third-order valence-electron chi connectivity index (χ3n) is 6.37. The molecule has 2 aliphatic rings. The second-order valence-corrected chi connectivity index (χ2v) is 11.4. The molecular formula is C20H31FSi. The SMILES string of the molecule is CCC[C@H]1CC[C@H]([Si@H]2CC[C@H](c3ccc(F)cc3)CC2)CC1. The van der Waals surface area contributed by atoms with Crippen molar-refractivity contribution in [2.75, 3.05) is 0 Å². The Morgan fingerprint density at radius 2 is 1.59 bits per heavy atom. The molecule has 1 aliphatic carbocycles. The van der Waals surface area contributed by atoms with Gasteiger partial charge in [0.25, 0.3) is 0 Å². The fourth-order valence-corrected chi connectivity index (χ4v) is 9.24. The van der Waals surface area contributed by atoms with Gasteiger partial charge in [-0.05, 0) is 47.9 Å². The van der Waals surface area contributed by atoms with Gasteiger partial charge in [0.2, 0.25) is 0 Å². The number of hydrogen-bond donors (Lipinski definition) is 0. The molecule has 2 heteroatoms. The van der Waals surface area contributed by atoms with Gasteiger partial charge in [-0.3, -0.25) is 0 Å². The van der Waals surface area contributed by atoms with Crippen LogP contribution in [0.2, 0.25) is 17.6 Å². The van der Waals surface area contributed by atoms with Crippen molar-refractivity contribution in [3.63, 3.8) is 0 Å². The van der Waals surface area contributed by atoms with Gasteiger partial charge in [0.05, 0.1) is 0 Å². The van der Waals surface area contributed by atoms with Gasteiger partial charge >= 0.3 is 0 Å². The molecule has 0 spiro atoms. The Hall–Kier alpha value is -0.633. The van der Waals surface area contributed by atoms with Crippen LogP contribution in [0, 0.1) is 11.7 Å². The Labute approximate surface area is 137 Å². The highest BCUT2D eigenvalue weighted by Crippen LogP contribution is 2.43. The summed E-state index contributed by atoms with van der Waals surface area (Å²) in [6, 6.07) is 10.4. The van der Waals surface area contributed by atoms with Crippen molar-refractivity contribution >= 4 is 8.80 Å². The van der Waals surface area contributed by atoms with Gasteiger partial charge in [0.1, 0.15) is 5.82 Å². The first-order chi connectivity index (χ1) is 10.8. The van der Waals surface area contributed by atoms with E-state index in [1.165, 1.54) is 56.2 Å². The Kier molecular flexibility index (Phi) is 5.73. The lowest BCUT2D eigenvalue weighted by molar-refractivity contribution is 0.332. The second-order valence-electron chi connectivity index (χ2n) is 7.73. The fraction of sp³-hybridized carbons (Fsp3) is 0.700. The summed E-state index contributed by atoms with van der Waals surface area (Å²) >= 11 is 0. The summed E-state index contributed by atoms with van der Waals surface area (Å²) in [4.78, 5) is 0. The summed E-state index contributed by atoms with van der Waals surface area (Å²) in [5.41, 5.74) is 2.52. The summed E-state index contributed by atoms with van der Waals surface area (Å²) < 4.78 is 13.1. The highest BCUT2D eigenvalue weighted by Gasteiger charge is 2.31. The molecule has 3 rings (SSSR count). The summed E-state index contributed by atoms with van der Waals surface area (Å²) in [5, 5.41) is 0. The van der Waals surface area contributed by atoms with Crippen molar-refractivity contribution in [3.8, 4) is 0 Å². The molecule has 1 aromatic carbocycles. The molecule has 0 unspecified atom stereocenters. The van der Waals surface area contributed by atoms with Crippen LogP contribution in [0.15, 0.2) is 24.3 Å². The average molecular weight is 319 g/mol. The summed E-state index contributed by atoms with van der Waals surface area (Å²) in [7, 11) is -0.501. The Balaban J connectivity index is 1.47. The van der Waals surface area contributed by atoms with Crippen LogP contribution in [-0.2, 0) is 0 Å². The molecule has 0 radical (unpaired) electrons. The van der Waals surface area contributed by atoms with Gasteiger partial charge < -0.3 is 0 Å². The molecule has 0 nitrogen and oxygen atoms in total. The zero-order valence-electron chi connectivity index (χ0n) is 14.1. The van der Waals surface area contributed by atoms with E-state index in [0.717, 1.165) is 11.5 Å². The molecule has 1 saturated heterocycles. The minimum absolute atomic E-state index is 0.101. The number of benzene rings is 1. The maximum absolute atomic E-state index is 13.1. The van der Waals surface area contributed by atoms with Gasteiger partial charge in [0.15, 0.2) is 0 Å². The second kappa shape index (κ2) is 7.76. The number of halogens is 1. The van der Waals surface area contributed by atoms with Crippen LogP contribution in [0.5, 0.6) is 0 Å². The fourth-order valence-electron chi connectivity index (χ4n) is 5.02. The van der Waals surface area contributed by atoms with Crippen LogP contribution >= 0.6 is 0 Å². The van der Waals surface area contributed by atoms with E-state index < -0.39 is 8.80 Å². The third kappa shape index (κ3) is 4.01. The zero-order chi connectivity index (χ0) is 15.4. The molecule has 0 bridgehead atoms. The topological polar surface area (TPSA) is 0 Å².